The molecule has 0 bridgehead atoms. The SMILES string of the molecule is C=CCC(CC=C)C(CC=C)(CC=C)NN. The van der Waals surface area contributed by atoms with Crippen molar-refractivity contribution in [2.75, 3.05) is 0 Å². The van der Waals surface area contributed by atoms with E-state index < -0.39 is 0 Å². The number of nitrogens with two attached hydrogens (primary N) is 1. The van der Waals surface area contributed by atoms with Crippen LogP contribution in [0.1, 0.15) is 25.7 Å². The molecule has 3 N–H and O–H groups in total. The van der Waals surface area contributed by atoms with Gasteiger partial charge in [0.2, 0.25) is 0 Å². The largest absolute Gasteiger partial charge is 0.271 e. The highest BCUT2D eigenvalue weighted by Gasteiger charge is 2.33. The lowest BCUT2D eigenvalue weighted by atomic mass is 9.75. The second kappa shape index (κ2) is 8.08. The Balaban J connectivity index is 5.01. The molecule has 0 atom stereocenters. The molecule has 0 rings (SSSR count). The zero-order valence-electron chi connectivity index (χ0n) is 10.1. The van der Waals surface area contributed by atoms with Crippen LogP contribution in [0.15, 0.2) is 50.6 Å². The van der Waals surface area contributed by atoms with Crippen molar-refractivity contribution >= 4 is 0 Å². The number of hydrogen-bond acceptors (Lipinski definition) is 2. The Morgan fingerprint density at radius 1 is 0.938 bits per heavy atom. The van der Waals surface area contributed by atoms with Gasteiger partial charge in [0.25, 0.3) is 0 Å². The summed E-state index contributed by atoms with van der Waals surface area (Å²) in [5.74, 6) is 6.09. The van der Waals surface area contributed by atoms with Crippen molar-refractivity contribution in [1.82, 2.24) is 5.43 Å². The molecule has 0 saturated carbocycles. The van der Waals surface area contributed by atoms with Gasteiger partial charge in [-0.15, -0.1) is 26.3 Å². The minimum atomic E-state index is -0.189. The topological polar surface area (TPSA) is 38.0 Å². The molecule has 0 aliphatic rings. The van der Waals surface area contributed by atoms with E-state index in [9.17, 15) is 0 Å². The van der Waals surface area contributed by atoms with E-state index in [-0.39, 0.29) is 5.54 Å². The fraction of sp³-hybridized carbons (Fsp3) is 0.429. The summed E-state index contributed by atoms with van der Waals surface area (Å²) in [6, 6.07) is 0. The number of nitrogens with one attached hydrogen (secondary N) is 1. The van der Waals surface area contributed by atoms with Crippen molar-refractivity contribution in [2.45, 2.75) is 31.2 Å². The Morgan fingerprint density at radius 3 is 1.62 bits per heavy atom. The standard InChI is InChI=1S/C14H24N2/c1-5-9-13(10-6-2)14(16-15,11-7-3)12-8-4/h5-8,13,16H,1-4,9-12,15H2. The zero-order valence-corrected chi connectivity index (χ0v) is 10.1. The molecule has 0 aromatic rings. The van der Waals surface area contributed by atoms with E-state index >= 15 is 0 Å². The van der Waals surface area contributed by atoms with Gasteiger partial charge in [0.15, 0.2) is 0 Å². The van der Waals surface area contributed by atoms with Gasteiger partial charge < -0.3 is 0 Å². The maximum Gasteiger partial charge on any atom is 0.0423 e. The Hall–Kier alpha value is -1.12. The molecule has 0 aromatic heterocycles. The predicted molar refractivity (Wildman–Crippen MR) is 72.8 cm³/mol. The minimum absolute atomic E-state index is 0.189. The van der Waals surface area contributed by atoms with Crippen LogP contribution >= 0.6 is 0 Å². The molecule has 2 nitrogen and oxygen atoms in total. The van der Waals surface area contributed by atoms with Crippen molar-refractivity contribution in [1.29, 1.82) is 0 Å². The third-order valence-electron chi connectivity index (χ3n) is 2.99. The average molecular weight is 220 g/mol. The van der Waals surface area contributed by atoms with Gasteiger partial charge in [-0.25, -0.2) is 0 Å². The highest BCUT2D eigenvalue weighted by Crippen LogP contribution is 2.31. The maximum atomic E-state index is 5.73. The van der Waals surface area contributed by atoms with Crippen LogP contribution in [0, 0.1) is 5.92 Å². The molecule has 0 aliphatic heterocycles. The summed E-state index contributed by atoms with van der Waals surface area (Å²) in [5, 5.41) is 0. The van der Waals surface area contributed by atoms with Gasteiger partial charge in [0, 0.05) is 5.54 Å². The fourth-order valence-electron chi connectivity index (χ4n) is 2.12. The Kier molecular flexibility index (Phi) is 7.52. The van der Waals surface area contributed by atoms with Gasteiger partial charge in [0.05, 0.1) is 0 Å². The molecule has 0 aromatic carbocycles. The molecule has 0 fully saturated rings. The highest BCUT2D eigenvalue weighted by molar-refractivity contribution is 5.04. The fourth-order valence-corrected chi connectivity index (χ4v) is 2.12. The third-order valence-corrected chi connectivity index (χ3v) is 2.99. The first-order chi connectivity index (χ1) is 7.70. The lowest BCUT2D eigenvalue weighted by molar-refractivity contribution is 0.213. The van der Waals surface area contributed by atoms with Crippen LogP contribution in [0.5, 0.6) is 0 Å². The summed E-state index contributed by atoms with van der Waals surface area (Å²) in [6.45, 7) is 15.2. The minimum Gasteiger partial charge on any atom is -0.271 e. The van der Waals surface area contributed by atoms with E-state index in [2.05, 4.69) is 31.7 Å². The Bertz CT molecular complexity index is 223. The van der Waals surface area contributed by atoms with Gasteiger partial charge in [-0.1, -0.05) is 24.3 Å². The third kappa shape index (κ3) is 3.80. The van der Waals surface area contributed by atoms with Gasteiger partial charge in [-0.2, -0.15) is 0 Å². The molecule has 0 radical (unpaired) electrons. The molecule has 0 aliphatic carbocycles. The lowest BCUT2D eigenvalue weighted by Gasteiger charge is -2.38. The molecule has 0 amide bonds. The Morgan fingerprint density at radius 2 is 1.38 bits per heavy atom. The normalized spacial score (nSPS) is 11.1. The zero-order chi connectivity index (χ0) is 12.4. The van der Waals surface area contributed by atoms with Crippen LogP contribution in [0.25, 0.3) is 0 Å². The van der Waals surface area contributed by atoms with Gasteiger partial charge in [-0.3, -0.25) is 11.3 Å². The number of rotatable bonds is 10. The number of allylic oxidation sites excluding steroid dienone is 2. The van der Waals surface area contributed by atoms with Crippen molar-refractivity contribution in [3.05, 3.63) is 50.6 Å². The van der Waals surface area contributed by atoms with E-state index in [4.69, 9.17) is 5.84 Å². The lowest BCUT2D eigenvalue weighted by Crippen LogP contribution is -2.54. The van der Waals surface area contributed by atoms with Gasteiger partial charge in [0.1, 0.15) is 0 Å². The second-order valence-corrected chi connectivity index (χ2v) is 4.03. The summed E-state index contributed by atoms with van der Waals surface area (Å²) in [7, 11) is 0. The summed E-state index contributed by atoms with van der Waals surface area (Å²) in [4.78, 5) is 0. The van der Waals surface area contributed by atoms with Crippen LogP contribution in [0.3, 0.4) is 0 Å². The molecular weight excluding hydrogens is 196 g/mol. The summed E-state index contributed by atoms with van der Waals surface area (Å²) in [6.07, 6.45) is 11.0. The van der Waals surface area contributed by atoms with E-state index in [1.807, 2.05) is 24.3 Å². The molecule has 16 heavy (non-hydrogen) atoms. The molecule has 90 valence electrons. The highest BCUT2D eigenvalue weighted by atomic mass is 15.3. The number of hydrazine groups is 1. The van der Waals surface area contributed by atoms with Gasteiger partial charge in [-0.05, 0) is 31.6 Å². The quantitative estimate of drug-likeness (QED) is 0.337. The summed E-state index contributed by atoms with van der Waals surface area (Å²) in [5.41, 5.74) is 2.76. The predicted octanol–water partition coefficient (Wildman–Crippen LogP) is 3.11. The smallest absolute Gasteiger partial charge is 0.0423 e. The monoisotopic (exact) mass is 220 g/mol. The molecule has 2 heteroatoms. The van der Waals surface area contributed by atoms with Crippen LogP contribution in [-0.2, 0) is 0 Å². The summed E-state index contributed by atoms with van der Waals surface area (Å²) >= 11 is 0. The van der Waals surface area contributed by atoms with Crippen LogP contribution in [0.2, 0.25) is 0 Å². The molecule has 0 saturated heterocycles. The molecule has 0 unspecified atom stereocenters. The first kappa shape index (κ1) is 14.9. The first-order valence-electron chi connectivity index (χ1n) is 5.62. The van der Waals surface area contributed by atoms with Crippen molar-refractivity contribution in [3.63, 3.8) is 0 Å². The van der Waals surface area contributed by atoms with Crippen LogP contribution < -0.4 is 11.3 Å². The van der Waals surface area contributed by atoms with E-state index in [1.54, 1.807) is 0 Å². The second-order valence-electron chi connectivity index (χ2n) is 4.03. The van der Waals surface area contributed by atoms with E-state index in [1.165, 1.54) is 0 Å². The van der Waals surface area contributed by atoms with Crippen molar-refractivity contribution in [2.24, 2.45) is 11.8 Å². The molecule has 0 heterocycles. The first-order valence-corrected chi connectivity index (χ1v) is 5.62. The molecule has 0 spiro atoms. The summed E-state index contributed by atoms with van der Waals surface area (Å²) < 4.78 is 0. The van der Waals surface area contributed by atoms with E-state index in [0.29, 0.717) is 5.92 Å². The van der Waals surface area contributed by atoms with Crippen molar-refractivity contribution in [3.8, 4) is 0 Å². The average Bonchev–Trinajstić information content (AvgIpc) is 2.28. The Labute approximate surface area is 99.6 Å². The van der Waals surface area contributed by atoms with Crippen molar-refractivity contribution < 1.29 is 0 Å². The van der Waals surface area contributed by atoms with Crippen LogP contribution in [-0.4, -0.2) is 5.54 Å². The number of hydrogen-bond donors (Lipinski definition) is 2. The van der Waals surface area contributed by atoms with Crippen LogP contribution in [0.4, 0.5) is 0 Å². The molecular formula is C14H24N2. The van der Waals surface area contributed by atoms with Gasteiger partial charge >= 0.3 is 0 Å². The van der Waals surface area contributed by atoms with E-state index in [0.717, 1.165) is 25.7 Å². The maximum absolute atomic E-state index is 5.73.